The molecular formula is C26H27N3O4S. The second-order valence-corrected chi connectivity index (χ2v) is 10.1. The molecule has 1 unspecified atom stereocenters. The van der Waals surface area contributed by atoms with Gasteiger partial charge in [-0.3, -0.25) is 9.59 Å². The van der Waals surface area contributed by atoms with E-state index in [1.807, 2.05) is 35.2 Å². The van der Waals surface area contributed by atoms with Crippen molar-refractivity contribution < 1.29 is 18.0 Å². The van der Waals surface area contributed by atoms with Crippen LogP contribution in [0.15, 0.2) is 83.8 Å². The van der Waals surface area contributed by atoms with E-state index in [9.17, 15) is 18.0 Å². The first-order valence-electron chi connectivity index (χ1n) is 11.1. The van der Waals surface area contributed by atoms with Gasteiger partial charge in [-0.1, -0.05) is 42.5 Å². The number of nitrogens with zero attached hydrogens (tertiary/aromatic N) is 1. The molecule has 1 aliphatic rings. The van der Waals surface area contributed by atoms with Crippen molar-refractivity contribution in [2.24, 2.45) is 0 Å². The SMILES string of the molecule is CC(=O)c1ccc(S(=O)(=O)NCc2ccc(C(=O)N3CCC(Nc4ccccc4)C3)cc2)cc1. The van der Waals surface area contributed by atoms with Gasteiger partial charge in [-0.15, -0.1) is 0 Å². The molecule has 34 heavy (non-hydrogen) atoms. The summed E-state index contributed by atoms with van der Waals surface area (Å²) in [6, 6.07) is 22.9. The highest BCUT2D eigenvalue weighted by Crippen LogP contribution is 2.19. The Bertz CT molecular complexity index is 1260. The third kappa shape index (κ3) is 5.70. The Balaban J connectivity index is 1.32. The monoisotopic (exact) mass is 477 g/mol. The van der Waals surface area contributed by atoms with Crippen LogP contribution in [0.5, 0.6) is 0 Å². The van der Waals surface area contributed by atoms with Crippen molar-refractivity contribution in [2.75, 3.05) is 18.4 Å². The van der Waals surface area contributed by atoms with Crippen LogP contribution in [0.2, 0.25) is 0 Å². The average Bonchev–Trinajstić information content (AvgIpc) is 3.32. The number of ketones is 1. The molecule has 2 N–H and O–H groups in total. The lowest BCUT2D eigenvalue weighted by Crippen LogP contribution is -2.31. The van der Waals surface area contributed by atoms with Crippen LogP contribution < -0.4 is 10.0 Å². The van der Waals surface area contributed by atoms with Crippen molar-refractivity contribution >= 4 is 27.4 Å². The number of anilines is 1. The van der Waals surface area contributed by atoms with Crippen LogP contribution in [0.25, 0.3) is 0 Å². The van der Waals surface area contributed by atoms with Crippen LogP contribution in [0.3, 0.4) is 0 Å². The molecule has 1 amide bonds. The van der Waals surface area contributed by atoms with E-state index in [0.29, 0.717) is 24.2 Å². The highest BCUT2D eigenvalue weighted by atomic mass is 32.2. The molecule has 0 bridgehead atoms. The number of carbonyl (C=O) groups is 2. The van der Waals surface area contributed by atoms with Gasteiger partial charge >= 0.3 is 0 Å². The van der Waals surface area contributed by atoms with Crippen molar-refractivity contribution in [2.45, 2.75) is 30.8 Å². The fraction of sp³-hybridized carbons (Fsp3) is 0.231. The lowest BCUT2D eigenvalue weighted by molar-refractivity contribution is 0.0791. The molecule has 4 rings (SSSR count). The summed E-state index contributed by atoms with van der Waals surface area (Å²) in [6.45, 7) is 2.85. The van der Waals surface area contributed by atoms with E-state index in [1.165, 1.54) is 31.2 Å². The average molecular weight is 478 g/mol. The standard InChI is InChI=1S/C26H27N3O4S/c1-19(30)21-11-13-25(14-12-21)34(32,33)27-17-20-7-9-22(10-8-20)26(31)29-16-15-24(18-29)28-23-5-3-2-4-6-23/h2-14,24,27-28H,15-18H2,1H3. The zero-order valence-electron chi connectivity index (χ0n) is 18.9. The lowest BCUT2D eigenvalue weighted by atomic mass is 10.1. The Morgan fingerprint density at radius 1 is 0.912 bits per heavy atom. The maximum Gasteiger partial charge on any atom is 0.253 e. The van der Waals surface area contributed by atoms with E-state index in [2.05, 4.69) is 10.0 Å². The van der Waals surface area contributed by atoms with E-state index >= 15 is 0 Å². The van der Waals surface area contributed by atoms with E-state index < -0.39 is 10.0 Å². The molecule has 7 nitrogen and oxygen atoms in total. The van der Waals surface area contributed by atoms with Crippen LogP contribution >= 0.6 is 0 Å². The first-order valence-corrected chi connectivity index (χ1v) is 12.6. The van der Waals surface area contributed by atoms with E-state index in [1.54, 1.807) is 24.3 Å². The summed E-state index contributed by atoms with van der Waals surface area (Å²) in [7, 11) is -3.72. The second kappa shape index (κ2) is 10.2. The number of Topliss-reactive ketones (excluding diaryl/α,β-unsaturated/α-hetero) is 1. The lowest BCUT2D eigenvalue weighted by Gasteiger charge is -2.18. The summed E-state index contributed by atoms with van der Waals surface area (Å²) in [6.07, 6.45) is 0.883. The number of nitrogens with one attached hydrogen (secondary N) is 2. The Labute approximate surface area is 199 Å². The molecule has 1 aliphatic heterocycles. The molecule has 3 aromatic rings. The topological polar surface area (TPSA) is 95.6 Å². The Hall–Kier alpha value is -3.49. The first kappa shape index (κ1) is 23.7. The number of benzene rings is 3. The van der Waals surface area contributed by atoms with Gasteiger partial charge in [0, 0.05) is 42.5 Å². The molecule has 1 heterocycles. The molecule has 0 saturated carbocycles. The number of hydrogen-bond donors (Lipinski definition) is 2. The fourth-order valence-corrected chi connectivity index (χ4v) is 4.93. The van der Waals surface area contributed by atoms with Crippen molar-refractivity contribution in [3.63, 3.8) is 0 Å². The predicted octanol–water partition coefficient (Wildman–Crippen LogP) is 3.69. The first-order chi connectivity index (χ1) is 16.3. The Morgan fingerprint density at radius 2 is 1.56 bits per heavy atom. The maximum absolute atomic E-state index is 12.9. The molecule has 0 aliphatic carbocycles. The molecule has 0 aromatic heterocycles. The van der Waals surface area contributed by atoms with Gasteiger partial charge in [0.05, 0.1) is 4.90 Å². The van der Waals surface area contributed by atoms with Gasteiger partial charge in [0.1, 0.15) is 0 Å². The molecule has 1 atom stereocenters. The van der Waals surface area contributed by atoms with Crippen LogP contribution in [0.4, 0.5) is 5.69 Å². The van der Waals surface area contributed by atoms with Gasteiger partial charge in [-0.25, -0.2) is 13.1 Å². The van der Waals surface area contributed by atoms with Gasteiger partial charge in [0.15, 0.2) is 5.78 Å². The number of rotatable bonds is 8. The minimum absolute atomic E-state index is 0.0324. The van der Waals surface area contributed by atoms with Gasteiger partial charge in [0.25, 0.3) is 5.91 Å². The third-order valence-corrected chi connectivity index (χ3v) is 7.28. The van der Waals surface area contributed by atoms with Crippen LogP contribution in [-0.2, 0) is 16.6 Å². The molecule has 0 radical (unpaired) electrons. The van der Waals surface area contributed by atoms with Crippen molar-refractivity contribution in [1.82, 2.24) is 9.62 Å². The number of hydrogen-bond acceptors (Lipinski definition) is 5. The predicted molar refractivity (Wildman–Crippen MR) is 131 cm³/mol. The molecule has 0 spiro atoms. The van der Waals surface area contributed by atoms with Crippen LogP contribution in [0, 0.1) is 0 Å². The summed E-state index contributed by atoms with van der Waals surface area (Å²) in [5, 5.41) is 3.46. The van der Waals surface area contributed by atoms with Crippen molar-refractivity contribution in [1.29, 1.82) is 0 Å². The van der Waals surface area contributed by atoms with E-state index in [4.69, 9.17) is 0 Å². The van der Waals surface area contributed by atoms with Gasteiger partial charge < -0.3 is 10.2 Å². The number of para-hydroxylation sites is 1. The van der Waals surface area contributed by atoms with Crippen LogP contribution in [0.1, 0.15) is 39.6 Å². The van der Waals surface area contributed by atoms with Gasteiger partial charge in [-0.05, 0) is 55.3 Å². The summed E-state index contributed by atoms with van der Waals surface area (Å²) in [5.41, 5.74) is 2.82. The minimum atomic E-state index is -3.72. The quantitative estimate of drug-likeness (QED) is 0.483. The fourth-order valence-electron chi connectivity index (χ4n) is 3.91. The smallest absolute Gasteiger partial charge is 0.253 e. The third-order valence-electron chi connectivity index (χ3n) is 5.86. The number of carbonyl (C=O) groups excluding carboxylic acids is 2. The number of amides is 1. The van der Waals surface area contributed by atoms with E-state index in [-0.39, 0.29) is 29.2 Å². The zero-order chi connectivity index (χ0) is 24.1. The summed E-state index contributed by atoms with van der Waals surface area (Å²) >= 11 is 0. The Morgan fingerprint density at radius 3 is 2.21 bits per heavy atom. The summed E-state index contributed by atoms with van der Waals surface area (Å²) in [5.74, 6) is -0.154. The highest BCUT2D eigenvalue weighted by Gasteiger charge is 2.26. The minimum Gasteiger partial charge on any atom is -0.380 e. The molecule has 8 heteroatoms. The zero-order valence-corrected chi connectivity index (χ0v) is 19.7. The molecule has 176 valence electrons. The summed E-state index contributed by atoms with van der Waals surface area (Å²) < 4.78 is 27.6. The molecular weight excluding hydrogens is 450 g/mol. The van der Waals surface area contributed by atoms with Crippen molar-refractivity contribution in [3.8, 4) is 0 Å². The largest absolute Gasteiger partial charge is 0.380 e. The van der Waals surface area contributed by atoms with Gasteiger partial charge in [0.2, 0.25) is 10.0 Å². The van der Waals surface area contributed by atoms with Crippen molar-refractivity contribution in [3.05, 3.63) is 95.6 Å². The molecule has 1 fully saturated rings. The maximum atomic E-state index is 12.9. The Kier molecular flexibility index (Phi) is 7.09. The second-order valence-electron chi connectivity index (χ2n) is 8.35. The number of sulfonamides is 1. The van der Waals surface area contributed by atoms with E-state index in [0.717, 1.165) is 17.7 Å². The van der Waals surface area contributed by atoms with Gasteiger partial charge in [-0.2, -0.15) is 0 Å². The number of likely N-dealkylation sites (tertiary alicyclic amines) is 1. The summed E-state index contributed by atoms with van der Waals surface area (Å²) in [4.78, 5) is 26.2. The molecule has 1 saturated heterocycles. The highest BCUT2D eigenvalue weighted by molar-refractivity contribution is 7.89. The normalized spacial score (nSPS) is 15.8. The van der Waals surface area contributed by atoms with Crippen LogP contribution in [-0.4, -0.2) is 44.1 Å². The molecule has 3 aromatic carbocycles.